The molecule has 1 fully saturated rings. The van der Waals surface area contributed by atoms with E-state index in [1.807, 2.05) is 0 Å². The molecule has 0 spiro atoms. The van der Waals surface area contributed by atoms with Gasteiger partial charge in [0.15, 0.2) is 18.2 Å². The van der Waals surface area contributed by atoms with Crippen molar-refractivity contribution in [2.24, 2.45) is 5.73 Å². The number of unbranched alkanes of at least 4 members (excludes halogenated alkanes) is 17. The van der Waals surface area contributed by atoms with Gasteiger partial charge in [-0.05, 0) is 51.5 Å². The fraction of sp³-hybridized carbons (Fsp3) is 0.926. The van der Waals surface area contributed by atoms with Crippen molar-refractivity contribution in [3.63, 3.8) is 0 Å². The topological polar surface area (TPSA) is 319 Å². The molecular formula is C54H86F19N3O15. The summed E-state index contributed by atoms with van der Waals surface area (Å²) in [5, 5.41) is 90.7. The summed E-state index contributed by atoms with van der Waals surface area (Å²) in [5.74, 6) is -68.1. The zero-order valence-corrected chi connectivity index (χ0v) is 49.7. The number of carbonyl (C=O) groups excluding carboxylic acids is 3. The molecule has 18 nitrogen and oxygen atoms in total. The molecule has 13 N–H and O–H groups in total. The van der Waals surface area contributed by atoms with Gasteiger partial charge in [0, 0.05) is 32.2 Å². The zero-order chi connectivity index (χ0) is 70.6. The van der Waals surface area contributed by atoms with Crippen LogP contribution >= 0.6 is 0 Å². The Hall–Kier alpha value is -3.69. The first-order chi connectivity index (χ1) is 41.8. The number of rotatable bonds is 47. The number of nitrogens with two attached hydrogens (primary N) is 1. The lowest BCUT2D eigenvalue weighted by atomic mass is 9.86. The van der Waals surface area contributed by atoms with Gasteiger partial charge in [-0.25, -0.2) is 4.79 Å². The number of aliphatic hydroxyl groups excluding tert-OH is 8. The highest BCUT2D eigenvalue weighted by Crippen LogP contribution is 2.64. The molecule has 0 radical (unpaired) electrons. The number of carboxylic acids is 1. The van der Waals surface area contributed by atoms with Crippen LogP contribution in [0.5, 0.6) is 0 Å². The van der Waals surface area contributed by atoms with E-state index in [0.717, 1.165) is 25.7 Å². The summed E-state index contributed by atoms with van der Waals surface area (Å²) in [6, 6.07) is -0.683. The molecule has 0 bridgehead atoms. The zero-order valence-electron chi connectivity index (χ0n) is 49.7. The first kappa shape index (κ1) is 87.3. The minimum absolute atomic E-state index is 0.0431. The number of carboxylic acid groups (broad SMARTS) is 1. The SMILES string of the molecule is CCCCCCCCCCCCC(=O)C(CCCCN)NC(=O)CCCCCCCCCCC(F)(F)C(F)(F)C(F)(F)C(F)(F)C(F)(F)C(F)(F)C(F)(F)C(F)(F)CCCNC(=O)[C@@H](O)[C@@H](O)[C@H](O[C@@H]1O[C@H](CO)[C@H](O)[C@H](O)[C@H]1O)[C@H](O)CO.O=C(O)C(F)(F)F. The molecule has 0 aromatic carbocycles. The minimum Gasteiger partial charge on any atom is -0.475 e. The number of aliphatic carboxylic acids is 1. The van der Waals surface area contributed by atoms with E-state index in [1.165, 1.54) is 37.4 Å². The molecule has 1 aliphatic rings. The number of Topliss-reactive ketones (excluding diaryl/α,β-unsaturated/α-hetero) is 1. The summed E-state index contributed by atoms with van der Waals surface area (Å²) in [6.45, 7) is -1.43. The first-order valence-corrected chi connectivity index (χ1v) is 29.6. The summed E-state index contributed by atoms with van der Waals surface area (Å²) in [4.78, 5) is 47.0. The van der Waals surface area contributed by atoms with Crippen molar-refractivity contribution < 1.29 is 158 Å². The maximum Gasteiger partial charge on any atom is 0.490 e. The summed E-state index contributed by atoms with van der Waals surface area (Å²) in [5.41, 5.74) is 5.57. The lowest BCUT2D eigenvalue weighted by molar-refractivity contribution is -0.453. The fourth-order valence-electron chi connectivity index (χ4n) is 9.09. The van der Waals surface area contributed by atoms with Crippen LogP contribution in [-0.4, -0.2) is 211 Å². The Kier molecular flexibility index (Phi) is 37.8. The van der Waals surface area contributed by atoms with Gasteiger partial charge in [0.2, 0.25) is 5.91 Å². The number of nitrogens with one attached hydrogen (secondary N) is 2. The van der Waals surface area contributed by atoms with Crippen molar-refractivity contribution >= 4 is 23.6 Å². The Bertz CT molecular complexity index is 2110. The van der Waals surface area contributed by atoms with Crippen LogP contribution in [0.2, 0.25) is 0 Å². The Morgan fingerprint density at radius 3 is 1.36 bits per heavy atom. The molecule has 1 rings (SSSR count). The Labute approximate surface area is 512 Å². The number of amides is 2. The highest BCUT2D eigenvalue weighted by atomic mass is 19.4. The monoisotopic (exact) mass is 1380 g/mol. The van der Waals surface area contributed by atoms with E-state index in [9.17, 15) is 139 Å². The molecular weight excluding hydrogens is 1290 g/mol. The predicted octanol–water partition coefficient (Wildman–Crippen LogP) is 8.25. The van der Waals surface area contributed by atoms with E-state index >= 15 is 0 Å². The van der Waals surface area contributed by atoms with Crippen molar-refractivity contribution in [1.29, 1.82) is 0 Å². The van der Waals surface area contributed by atoms with E-state index in [1.54, 1.807) is 0 Å². The van der Waals surface area contributed by atoms with Crippen LogP contribution in [-0.2, 0) is 28.7 Å². The van der Waals surface area contributed by atoms with Crippen LogP contribution in [0.4, 0.5) is 83.4 Å². The molecule has 1 heterocycles. The normalized spacial score (nSPS) is 20.0. The van der Waals surface area contributed by atoms with Gasteiger partial charge < -0.3 is 71.8 Å². The number of halogens is 19. The van der Waals surface area contributed by atoms with Crippen molar-refractivity contribution in [2.45, 2.75) is 289 Å². The van der Waals surface area contributed by atoms with Gasteiger partial charge in [0.05, 0.1) is 19.3 Å². The maximum atomic E-state index is 14.6. The van der Waals surface area contributed by atoms with Gasteiger partial charge in [-0.1, -0.05) is 103 Å². The number of ketones is 1. The number of carbonyl (C=O) groups is 4. The van der Waals surface area contributed by atoms with Crippen LogP contribution < -0.4 is 16.4 Å². The lowest BCUT2D eigenvalue weighted by Gasteiger charge is -2.43. The van der Waals surface area contributed by atoms with E-state index in [-0.39, 0.29) is 31.0 Å². The Morgan fingerprint density at radius 2 is 0.945 bits per heavy atom. The third-order valence-electron chi connectivity index (χ3n) is 14.8. The van der Waals surface area contributed by atoms with Crippen LogP contribution in [0.3, 0.4) is 0 Å². The highest BCUT2D eigenvalue weighted by Gasteiger charge is 2.94. The summed E-state index contributed by atoms with van der Waals surface area (Å²) in [6.07, 6.45) is -20.4. The van der Waals surface area contributed by atoms with Crippen molar-refractivity contribution in [2.75, 3.05) is 26.3 Å². The van der Waals surface area contributed by atoms with E-state index < -0.39 is 178 Å². The fourth-order valence-corrected chi connectivity index (χ4v) is 9.09. The van der Waals surface area contributed by atoms with Crippen molar-refractivity contribution in [1.82, 2.24) is 10.6 Å². The van der Waals surface area contributed by atoms with Crippen LogP contribution in [0.1, 0.15) is 174 Å². The van der Waals surface area contributed by atoms with Crippen molar-refractivity contribution in [3.05, 3.63) is 0 Å². The third kappa shape index (κ3) is 25.1. The molecule has 37 heteroatoms. The Balaban J connectivity index is 0.0000109. The summed E-state index contributed by atoms with van der Waals surface area (Å²) >= 11 is 0. The molecule has 0 aliphatic carbocycles. The molecule has 0 aromatic heterocycles. The standard InChI is InChI=1S/C52H85F16N3O13.C2HF3O2/c1-2-3-4-5-6-7-8-11-14-17-24-33(74)32(23-19-21-28-69)71-36(76)25-18-15-12-9-10-13-16-20-26-45(53,54)47(57,58)49(61,62)51(65,66)52(67,68)50(63,64)48(59,60)46(55,56)27-22-29-70-43(82)40(80)39(79)42(34(75)30-72)84-44-41(81)38(78)37(77)35(31-73)83-44;3-2(4,5)1(6)7/h32,34-35,37-42,44,72-73,75,77-81H,2-31,69H2,1H3,(H,70,82)(H,71,76);(H,6,7)/t32?,34-,35-,37+,38+,39-,40+,41-,42-,44+;/m1./s1. The molecule has 540 valence electrons. The lowest BCUT2D eigenvalue weighted by Crippen LogP contribution is -2.74. The van der Waals surface area contributed by atoms with E-state index in [0.29, 0.717) is 64.3 Å². The predicted molar refractivity (Wildman–Crippen MR) is 282 cm³/mol. The minimum atomic E-state index is -8.67. The van der Waals surface area contributed by atoms with Gasteiger partial charge in [0.25, 0.3) is 5.91 Å². The first-order valence-electron chi connectivity index (χ1n) is 29.6. The van der Waals surface area contributed by atoms with Gasteiger partial charge in [0.1, 0.15) is 42.7 Å². The molecule has 91 heavy (non-hydrogen) atoms. The molecule has 0 saturated carbocycles. The second kappa shape index (κ2) is 39.4. The van der Waals surface area contributed by atoms with Gasteiger partial charge in [-0.2, -0.15) is 83.4 Å². The molecule has 1 unspecified atom stereocenters. The summed E-state index contributed by atoms with van der Waals surface area (Å²) in [7, 11) is 0. The van der Waals surface area contributed by atoms with Gasteiger partial charge >= 0.3 is 59.5 Å². The molecule has 2 amide bonds. The maximum absolute atomic E-state index is 14.6. The molecule has 1 saturated heterocycles. The average Bonchev–Trinajstić information content (AvgIpc) is 0.698. The van der Waals surface area contributed by atoms with E-state index in [4.69, 9.17) is 25.1 Å². The number of ether oxygens (including phenoxy) is 2. The third-order valence-corrected chi connectivity index (χ3v) is 14.8. The molecule has 0 aromatic rings. The number of hydrogen-bond acceptors (Lipinski definition) is 15. The molecule has 10 atom stereocenters. The smallest absolute Gasteiger partial charge is 0.475 e. The molecule has 1 aliphatic heterocycles. The number of alkyl halides is 19. The number of aliphatic hydroxyl groups is 8. The second-order valence-corrected chi connectivity index (χ2v) is 22.2. The van der Waals surface area contributed by atoms with Crippen LogP contribution in [0.15, 0.2) is 0 Å². The van der Waals surface area contributed by atoms with E-state index in [2.05, 4.69) is 12.2 Å². The summed E-state index contributed by atoms with van der Waals surface area (Å²) < 4.78 is 276. The van der Waals surface area contributed by atoms with Gasteiger partial charge in [-0.3, -0.25) is 14.4 Å². The quantitative estimate of drug-likeness (QED) is 0.0202. The second-order valence-electron chi connectivity index (χ2n) is 22.2. The van der Waals surface area contributed by atoms with Crippen molar-refractivity contribution in [3.8, 4) is 0 Å². The highest BCUT2D eigenvalue weighted by molar-refractivity contribution is 5.89. The van der Waals surface area contributed by atoms with Gasteiger partial charge in [-0.15, -0.1) is 0 Å². The number of hydrogen-bond donors (Lipinski definition) is 12. The van der Waals surface area contributed by atoms with Crippen LogP contribution in [0, 0.1) is 0 Å². The Morgan fingerprint density at radius 1 is 0.538 bits per heavy atom. The average molecular weight is 1380 g/mol. The van der Waals surface area contributed by atoms with Crippen LogP contribution in [0.25, 0.3) is 0 Å². The largest absolute Gasteiger partial charge is 0.490 e.